The summed E-state index contributed by atoms with van der Waals surface area (Å²) in [6.45, 7) is 3.49. The molecule has 1 N–H and O–H groups in total. The lowest BCUT2D eigenvalue weighted by Gasteiger charge is -2.43. The summed E-state index contributed by atoms with van der Waals surface area (Å²) in [5, 5.41) is 9.33. The van der Waals surface area contributed by atoms with Crippen molar-refractivity contribution in [1.29, 1.82) is 0 Å². The van der Waals surface area contributed by atoms with Crippen LogP contribution in [-0.4, -0.2) is 72.4 Å². The summed E-state index contributed by atoms with van der Waals surface area (Å²) in [5.41, 5.74) is 0. The standard InChI is InChI=1S/C14H24N2O3/c1-19-5-4-16-11-2-3-12(16)9-15(8-11)14(18)10-6-13(17)7-10/h10-13,17H,2-9H2,1H3. The summed E-state index contributed by atoms with van der Waals surface area (Å²) >= 11 is 0. The van der Waals surface area contributed by atoms with Crippen LogP contribution in [0.25, 0.3) is 0 Å². The number of likely N-dealkylation sites (tertiary alicyclic amines) is 1. The zero-order valence-corrected chi connectivity index (χ0v) is 11.6. The van der Waals surface area contributed by atoms with E-state index in [1.807, 2.05) is 4.90 Å². The van der Waals surface area contributed by atoms with Crippen LogP contribution in [0.15, 0.2) is 0 Å². The normalized spacial score (nSPS) is 38.3. The molecule has 2 atom stereocenters. The van der Waals surface area contributed by atoms with E-state index in [0.29, 0.717) is 24.9 Å². The molecule has 2 heterocycles. The Morgan fingerprint density at radius 3 is 2.42 bits per heavy atom. The summed E-state index contributed by atoms with van der Waals surface area (Å²) in [6.07, 6.45) is 3.49. The Morgan fingerprint density at radius 1 is 1.26 bits per heavy atom. The summed E-state index contributed by atoms with van der Waals surface area (Å²) in [6, 6.07) is 1.03. The van der Waals surface area contributed by atoms with E-state index in [1.54, 1.807) is 7.11 Å². The van der Waals surface area contributed by atoms with Crippen molar-refractivity contribution in [3.8, 4) is 0 Å². The van der Waals surface area contributed by atoms with Crippen LogP contribution in [0.1, 0.15) is 25.7 Å². The van der Waals surface area contributed by atoms with Crippen LogP contribution in [0.3, 0.4) is 0 Å². The molecule has 1 saturated carbocycles. The molecule has 0 spiro atoms. The lowest BCUT2D eigenvalue weighted by molar-refractivity contribution is -0.145. The van der Waals surface area contributed by atoms with Crippen molar-refractivity contribution >= 4 is 5.91 Å². The maximum absolute atomic E-state index is 12.3. The number of aliphatic hydroxyl groups is 1. The van der Waals surface area contributed by atoms with Gasteiger partial charge in [0, 0.05) is 44.7 Å². The van der Waals surface area contributed by atoms with E-state index in [1.165, 1.54) is 12.8 Å². The highest BCUT2D eigenvalue weighted by atomic mass is 16.5. The third-order valence-electron chi connectivity index (χ3n) is 4.96. The van der Waals surface area contributed by atoms with Gasteiger partial charge in [0.05, 0.1) is 12.7 Å². The molecule has 19 heavy (non-hydrogen) atoms. The second kappa shape index (κ2) is 5.38. The number of hydrogen-bond acceptors (Lipinski definition) is 4. The number of carbonyl (C=O) groups is 1. The fourth-order valence-corrected chi connectivity index (χ4v) is 3.78. The molecule has 5 nitrogen and oxygen atoms in total. The maximum Gasteiger partial charge on any atom is 0.225 e. The number of carbonyl (C=O) groups excluding carboxylic acids is 1. The number of amides is 1. The van der Waals surface area contributed by atoms with Gasteiger partial charge in [-0.3, -0.25) is 9.69 Å². The topological polar surface area (TPSA) is 53.0 Å². The predicted molar refractivity (Wildman–Crippen MR) is 70.7 cm³/mol. The van der Waals surface area contributed by atoms with Crippen molar-refractivity contribution in [3.05, 3.63) is 0 Å². The number of hydrogen-bond donors (Lipinski definition) is 1. The average molecular weight is 268 g/mol. The van der Waals surface area contributed by atoms with Gasteiger partial charge in [-0.15, -0.1) is 0 Å². The molecule has 2 unspecified atom stereocenters. The van der Waals surface area contributed by atoms with Gasteiger partial charge < -0.3 is 14.7 Å². The minimum absolute atomic E-state index is 0.0833. The number of nitrogens with zero attached hydrogens (tertiary/aromatic N) is 2. The highest BCUT2D eigenvalue weighted by Crippen LogP contribution is 2.34. The van der Waals surface area contributed by atoms with Gasteiger partial charge in [0.2, 0.25) is 5.91 Å². The third kappa shape index (κ3) is 2.51. The quantitative estimate of drug-likeness (QED) is 0.784. The van der Waals surface area contributed by atoms with Gasteiger partial charge in [-0.25, -0.2) is 0 Å². The van der Waals surface area contributed by atoms with E-state index in [0.717, 1.165) is 26.2 Å². The van der Waals surface area contributed by atoms with Crippen molar-refractivity contribution in [3.63, 3.8) is 0 Å². The van der Waals surface area contributed by atoms with Crippen LogP contribution < -0.4 is 0 Å². The molecule has 1 aliphatic carbocycles. The van der Waals surface area contributed by atoms with Gasteiger partial charge in [0.1, 0.15) is 0 Å². The first-order valence-electron chi connectivity index (χ1n) is 7.40. The summed E-state index contributed by atoms with van der Waals surface area (Å²) in [7, 11) is 1.74. The molecular weight excluding hydrogens is 244 g/mol. The number of piperazine rings is 1. The fourth-order valence-electron chi connectivity index (χ4n) is 3.78. The molecule has 3 fully saturated rings. The fraction of sp³-hybridized carbons (Fsp3) is 0.929. The number of fused-ring (bicyclic) bond motifs is 2. The molecule has 0 aromatic carbocycles. The molecule has 0 radical (unpaired) electrons. The predicted octanol–water partition coefficient (Wildman–Crippen LogP) is 0.0789. The number of ether oxygens (including phenoxy) is 1. The van der Waals surface area contributed by atoms with Crippen LogP contribution in [0.2, 0.25) is 0 Å². The average Bonchev–Trinajstić information content (AvgIpc) is 2.60. The van der Waals surface area contributed by atoms with Gasteiger partial charge in [0.15, 0.2) is 0 Å². The van der Waals surface area contributed by atoms with Gasteiger partial charge in [0.25, 0.3) is 0 Å². The molecule has 0 aromatic heterocycles. The number of rotatable bonds is 4. The van der Waals surface area contributed by atoms with Gasteiger partial charge in [-0.1, -0.05) is 0 Å². The number of methoxy groups -OCH3 is 1. The van der Waals surface area contributed by atoms with Crippen molar-refractivity contribution in [1.82, 2.24) is 9.80 Å². The van der Waals surface area contributed by atoms with E-state index < -0.39 is 0 Å². The highest BCUT2D eigenvalue weighted by molar-refractivity contribution is 5.80. The molecule has 1 amide bonds. The highest BCUT2D eigenvalue weighted by Gasteiger charge is 2.44. The van der Waals surface area contributed by atoms with Crippen molar-refractivity contribution in [2.45, 2.75) is 43.9 Å². The SMILES string of the molecule is COCCN1C2CCC1CN(C(=O)C1CC(O)C1)C2. The minimum Gasteiger partial charge on any atom is -0.393 e. The maximum atomic E-state index is 12.3. The van der Waals surface area contributed by atoms with Gasteiger partial charge in [-0.2, -0.15) is 0 Å². The van der Waals surface area contributed by atoms with Crippen molar-refractivity contribution in [2.75, 3.05) is 33.4 Å². The summed E-state index contributed by atoms with van der Waals surface area (Å²) in [4.78, 5) is 16.9. The second-order valence-corrected chi connectivity index (χ2v) is 6.18. The Hall–Kier alpha value is -0.650. The minimum atomic E-state index is -0.242. The van der Waals surface area contributed by atoms with Crippen LogP contribution in [-0.2, 0) is 9.53 Å². The van der Waals surface area contributed by atoms with Crippen molar-refractivity contribution < 1.29 is 14.6 Å². The third-order valence-corrected chi connectivity index (χ3v) is 4.96. The molecular formula is C14H24N2O3. The zero-order valence-electron chi connectivity index (χ0n) is 11.6. The molecule has 108 valence electrons. The van der Waals surface area contributed by atoms with Gasteiger partial charge >= 0.3 is 0 Å². The van der Waals surface area contributed by atoms with E-state index >= 15 is 0 Å². The van der Waals surface area contributed by atoms with Crippen LogP contribution in [0.5, 0.6) is 0 Å². The molecule has 2 bridgehead atoms. The first-order chi connectivity index (χ1) is 9.19. The molecule has 2 aliphatic heterocycles. The molecule has 5 heteroatoms. The van der Waals surface area contributed by atoms with Crippen LogP contribution in [0.4, 0.5) is 0 Å². The Morgan fingerprint density at radius 2 is 1.89 bits per heavy atom. The van der Waals surface area contributed by atoms with Crippen LogP contribution in [0, 0.1) is 5.92 Å². The second-order valence-electron chi connectivity index (χ2n) is 6.18. The van der Waals surface area contributed by atoms with E-state index in [-0.39, 0.29) is 17.9 Å². The Bertz CT molecular complexity index is 330. The van der Waals surface area contributed by atoms with E-state index in [2.05, 4.69) is 4.90 Å². The first-order valence-corrected chi connectivity index (χ1v) is 7.40. The Balaban J connectivity index is 1.56. The largest absolute Gasteiger partial charge is 0.393 e. The van der Waals surface area contributed by atoms with E-state index in [9.17, 15) is 9.90 Å². The lowest BCUT2D eigenvalue weighted by atomic mass is 9.81. The molecule has 0 aromatic rings. The monoisotopic (exact) mass is 268 g/mol. The van der Waals surface area contributed by atoms with Crippen molar-refractivity contribution in [2.24, 2.45) is 5.92 Å². The Labute approximate surface area is 114 Å². The zero-order chi connectivity index (χ0) is 13.4. The Kier molecular flexibility index (Phi) is 3.78. The molecule has 3 aliphatic rings. The smallest absolute Gasteiger partial charge is 0.225 e. The number of aliphatic hydroxyl groups excluding tert-OH is 1. The first kappa shape index (κ1) is 13.3. The lowest BCUT2D eigenvalue weighted by Crippen LogP contribution is -2.58. The van der Waals surface area contributed by atoms with Crippen LogP contribution >= 0.6 is 0 Å². The molecule has 3 rings (SSSR count). The van der Waals surface area contributed by atoms with Gasteiger partial charge in [-0.05, 0) is 25.7 Å². The van der Waals surface area contributed by atoms with E-state index in [4.69, 9.17) is 4.74 Å². The summed E-state index contributed by atoms with van der Waals surface area (Å²) in [5.74, 6) is 0.355. The molecule has 2 saturated heterocycles. The summed E-state index contributed by atoms with van der Waals surface area (Å²) < 4.78 is 5.17.